The van der Waals surface area contributed by atoms with Gasteiger partial charge in [0, 0.05) is 133 Å². The minimum atomic E-state index is -3.88. The molecular weight excluding hydrogens is 1470 g/mol. The maximum absolute atomic E-state index is 11.6. The number of thiocyanates is 3. The number of nitriles is 3. The van der Waals surface area contributed by atoms with E-state index in [0.29, 0.717) is 79.4 Å². The lowest BCUT2D eigenvalue weighted by molar-refractivity contribution is -0.141. The maximum atomic E-state index is 11.6. The Hall–Kier alpha value is -12.2. The van der Waals surface area contributed by atoms with Crippen molar-refractivity contribution >= 4 is 105 Å². The molecule has 0 atom stereocenters. The largest absolute Gasteiger partial charge is 0.508 e. The molecule has 0 saturated carbocycles. The third kappa shape index (κ3) is 31.8. The van der Waals surface area contributed by atoms with Crippen LogP contribution in [-0.2, 0) is 23.7 Å². The monoisotopic (exact) mass is 1550 g/mol. The van der Waals surface area contributed by atoms with E-state index in [9.17, 15) is 48.7 Å². The van der Waals surface area contributed by atoms with E-state index in [1.165, 1.54) is 57.2 Å². The summed E-state index contributed by atoms with van der Waals surface area (Å²) in [7, 11) is -3.88. The van der Waals surface area contributed by atoms with Crippen molar-refractivity contribution in [3.05, 3.63) is 231 Å². The van der Waals surface area contributed by atoms with E-state index in [-0.39, 0.29) is 69.2 Å². The molecule has 6 aliphatic rings. The lowest BCUT2D eigenvalue weighted by atomic mass is 9.94. The van der Waals surface area contributed by atoms with E-state index in [2.05, 4.69) is 15.4 Å². The molecule has 0 radical (unpaired) electrons. The highest BCUT2D eigenvalue weighted by Crippen LogP contribution is 2.44. The average Bonchev–Trinajstić information content (AvgIpc) is 0.773. The van der Waals surface area contributed by atoms with Crippen LogP contribution in [0.25, 0.3) is 100 Å². The molecule has 566 valence electrons. The quantitative estimate of drug-likeness (QED) is 0.00863. The number of thioether (sulfide) groups is 3. The number of phenolic OH excluding ortho intramolecular Hbond substituents is 3. The van der Waals surface area contributed by atoms with Crippen LogP contribution in [0.2, 0.25) is 0 Å². The Kier molecular flexibility index (Phi) is 38.8. The highest BCUT2D eigenvalue weighted by Gasteiger charge is 2.21. The summed E-state index contributed by atoms with van der Waals surface area (Å²) in [6.07, 6.45) is 7.77. The average molecular weight is 1550 g/mol. The maximum Gasteiger partial charge on any atom is 0.325 e. The van der Waals surface area contributed by atoms with Gasteiger partial charge in [-0.25, -0.2) is 0 Å². The van der Waals surface area contributed by atoms with Gasteiger partial charge in [-0.1, -0.05) is 91.0 Å². The number of amides is 2. The number of fused-ring (bicyclic) bond motifs is 6. The Morgan fingerprint density at radius 2 is 0.761 bits per heavy atom. The first-order chi connectivity index (χ1) is 52.1. The fourth-order valence-electron chi connectivity index (χ4n) is 9.90. The number of ether oxygens (including phenoxy) is 1. The second-order valence-corrected chi connectivity index (χ2v) is 26.3. The zero-order valence-corrected chi connectivity index (χ0v) is 63.7. The van der Waals surface area contributed by atoms with Gasteiger partial charge in [-0.2, -0.15) is 15.8 Å². The van der Waals surface area contributed by atoms with Crippen molar-refractivity contribution in [3.8, 4) is 101 Å². The molecule has 0 aromatic heterocycles. The molecule has 0 fully saturated rings. The number of nitrogens with one attached hydrogen (secondary N) is 4. The zero-order valence-electron chi connectivity index (χ0n) is 60.3. The molecule has 6 aromatic carbocycles. The molecule has 25 nitrogen and oxygen atoms in total. The SMILES string of the molecule is CC(=O)NCCCC(=N)N.CC(=O)NCCCP(=O)(O)O.CC(=O)OCCCC(=N)N.CSC#N.CSC#N.CSC#N.O=c1ccc2c(-c3ccccc3)c3ccc(O)cc3oc-2c1.O=c1ccc2c(-c3ccccc3)c3ccc(O)cc3oc-2c1.O=c1ccc2c(-c3ccccc3)c3ccc(O)cc3oc-2c1. The minimum absolute atomic E-state index is 0.0384. The van der Waals surface area contributed by atoms with Crippen LogP contribution >= 0.6 is 42.9 Å². The van der Waals surface area contributed by atoms with Crippen LogP contribution in [0.1, 0.15) is 52.9 Å². The Labute approximate surface area is 641 Å². The second-order valence-electron chi connectivity index (χ2n) is 22.7. The highest BCUT2D eigenvalue weighted by molar-refractivity contribution is 8.03. The van der Waals surface area contributed by atoms with Gasteiger partial charge in [0.05, 0.1) is 24.4 Å². The smallest absolute Gasteiger partial charge is 0.325 e. The summed E-state index contributed by atoms with van der Waals surface area (Å²) in [6.45, 7) is 5.46. The fourth-order valence-corrected chi connectivity index (χ4v) is 10.5. The van der Waals surface area contributed by atoms with Crippen molar-refractivity contribution in [2.24, 2.45) is 11.5 Å². The van der Waals surface area contributed by atoms with Crippen LogP contribution in [0.15, 0.2) is 228 Å². The molecule has 0 bridgehead atoms. The number of hydrogen-bond donors (Lipinski definition) is 11. The van der Waals surface area contributed by atoms with Crippen LogP contribution in [0.5, 0.6) is 17.2 Å². The van der Waals surface area contributed by atoms with Crippen LogP contribution in [-0.4, -0.2) is 99.2 Å². The molecule has 3 heterocycles. The predicted molar refractivity (Wildman–Crippen MR) is 434 cm³/mol. The topological polar surface area (TPSA) is 464 Å². The van der Waals surface area contributed by atoms with Crippen molar-refractivity contribution < 1.29 is 62.0 Å². The molecule has 2 amide bonds. The molecule has 3 aliphatic heterocycles. The number of amidine groups is 2. The van der Waals surface area contributed by atoms with Gasteiger partial charge in [0.15, 0.2) is 16.3 Å². The van der Waals surface area contributed by atoms with E-state index >= 15 is 0 Å². The van der Waals surface area contributed by atoms with Gasteiger partial charge < -0.3 is 65.2 Å². The molecule has 0 spiro atoms. The van der Waals surface area contributed by atoms with E-state index in [4.69, 9.17) is 61.1 Å². The Balaban J connectivity index is 0.000000276. The molecule has 6 aromatic rings. The normalized spacial score (nSPS) is 10.0. The summed E-state index contributed by atoms with van der Waals surface area (Å²) < 4.78 is 32.3. The van der Waals surface area contributed by atoms with Gasteiger partial charge in [-0.05, 0) is 163 Å². The molecule has 13 N–H and O–H groups in total. The number of carbonyl (C=O) groups excluding carboxylic acids is 3. The lowest BCUT2D eigenvalue weighted by Crippen LogP contribution is -2.22. The van der Waals surface area contributed by atoms with Crippen molar-refractivity contribution in [1.29, 1.82) is 26.6 Å². The molecule has 29 heteroatoms. The minimum Gasteiger partial charge on any atom is -0.508 e. The van der Waals surface area contributed by atoms with E-state index in [1.54, 1.807) is 73.4 Å². The molecule has 3 aliphatic carbocycles. The Morgan fingerprint density at radius 1 is 0.468 bits per heavy atom. The molecular formula is C80H82N9O16PS3. The van der Waals surface area contributed by atoms with Crippen LogP contribution in [0.3, 0.4) is 0 Å². The number of esters is 1. The van der Waals surface area contributed by atoms with E-state index in [1.807, 2.05) is 125 Å². The third-order valence-electron chi connectivity index (χ3n) is 14.4. The van der Waals surface area contributed by atoms with Crippen molar-refractivity contribution in [1.82, 2.24) is 10.6 Å². The Morgan fingerprint density at radius 3 is 1.03 bits per heavy atom. The summed E-state index contributed by atoms with van der Waals surface area (Å²) in [5.41, 5.74) is 20.2. The molecule has 12 rings (SSSR count). The van der Waals surface area contributed by atoms with Gasteiger partial charge in [0.2, 0.25) is 11.8 Å². The van der Waals surface area contributed by atoms with Gasteiger partial charge in [0.1, 0.15) is 67.5 Å². The first kappa shape index (κ1) is 89.2. The van der Waals surface area contributed by atoms with Crippen LogP contribution in [0.4, 0.5) is 0 Å². The number of carbonyl (C=O) groups is 3. The number of nitrogens with two attached hydrogens (primary N) is 2. The van der Waals surface area contributed by atoms with Crippen molar-refractivity contribution in [2.45, 2.75) is 52.9 Å². The summed E-state index contributed by atoms with van der Waals surface area (Å²) in [6, 6.07) is 59.4. The number of benzene rings is 9. The van der Waals surface area contributed by atoms with E-state index < -0.39 is 7.60 Å². The predicted octanol–water partition coefficient (Wildman–Crippen LogP) is 15.1. The lowest BCUT2D eigenvalue weighted by Gasteiger charge is -2.14. The highest BCUT2D eigenvalue weighted by atomic mass is 32.2. The number of hydrogen-bond acceptors (Lipinski definition) is 22. The zero-order chi connectivity index (χ0) is 80.4. The number of rotatable bonds is 15. The Bertz CT molecular complexity index is 4740. The van der Waals surface area contributed by atoms with Gasteiger partial charge in [0.25, 0.3) is 0 Å². The first-order valence-corrected chi connectivity index (χ1v) is 38.4. The van der Waals surface area contributed by atoms with E-state index in [0.717, 1.165) is 108 Å². The van der Waals surface area contributed by atoms with Crippen LogP contribution in [0, 0.1) is 42.8 Å². The third-order valence-corrected chi connectivity index (χ3v) is 15.8. The number of nitrogens with zero attached hydrogens (tertiary/aromatic N) is 3. The van der Waals surface area contributed by atoms with Crippen molar-refractivity contribution in [2.75, 3.05) is 44.6 Å². The van der Waals surface area contributed by atoms with Crippen LogP contribution < -0.4 is 38.4 Å². The van der Waals surface area contributed by atoms with Crippen molar-refractivity contribution in [3.63, 3.8) is 0 Å². The molecule has 0 unspecified atom stereocenters. The second kappa shape index (κ2) is 47.4. The molecule has 0 saturated heterocycles. The summed E-state index contributed by atoms with van der Waals surface area (Å²) in [5.74, 6) is 1.74. The summed E-state index contributed by atoms with van der Waals surface area (Å²) in [4.78, 5) is 82.4. The fraction of sp³-hybridized carbons (Fsp3) is 0.188. The molecule has 109 heavy (non-hydrogen) atoms. The summed E-state index contributed by atoms with van der Waals surface area (Å²) in [5, 5.41) is 78.8. The van der Waals surface area contributed by atoms with Gasteiger partial charge in [-0.15, -0.1) is 0 Å². The number of phenols is 3. The summed E-state index contributed by atoms with van der Waals surface area (Å²) >= 11 is 3.49. The van der Waals surface area contributed by atoms with Gasteiger partial charge in [-0.3, -0.25) is 44.2 Å². The first-order valence-electron chi connectivity index (χ1n) is 32.9. The number of aromatic hydroxyl groups is 3. The van der Waals surface area contributed by atoms with Gasteiger partial charge >= 0.3 is 13.6 Å². The standard InChI is InChI=1S/3C19H12O3.C6H13N3O.C6H12N2O2.C5H12NO4P.3C2H3NS/c3*20-13-6-8-15-17(10-13)22-18-11-14(21)7-9-16(18)19(15)12-4-2-1-3-5-12;1-5(10)9-4-2-3-6(7)8;1-5(9)10-4-2-3-6(7)8;1-5(7)6-3-2-4-11(8,9)10;3*1-4-2-3/h3*1-11,20H;2-4H2,1H3,(H3,7,8)(H,9,10);2-4H2,1H3,(H3,7,8);2-4H2,1H3,(H,6,7)(H2,8,9,10);3*1H3.